The van der Waals surface area contributed by atoms with E-state index >= 15 is 0 Å². The maximum Gasteiger partial charge on any atom is 0.340 e. The number of pyridine rings is 1. The number of aryl methyl sites for hydroxylation is 3. The van der Waals surface area contributed by atoms with Crippen molar-refractivity contribution in [3.63, 3.8) is 0 Å². The van der Waals surface area contributed by atoms with Crippen LogP contribution in [-0.2, 0) is 16.5 Å². The number of nitrogens with zero attached hydrogens (tertiary/aromatic N) is 4. The highest BCUT2D eigenvalue weighted by molar-refractivity contribution is 6.07. The van der Waals surface area contributed by atoms with E-state index in [9.17, 15) is 14.5 Å². The summed E-state index contributed by atoms with van der Waals surface area (Å²) in [7, 11) is 4.04. The zero-order chi connectivity index (χ0) is 18.0. The van der Waals surface area contributed by atoms with Gasteiger partial charge in [0.1, 0.15) is 0 Å². The second kappa shape index (κ2) is 6.57. The molecule has 2 aromatic heterocycles. The highest BCUT2D eigenvalue weighted by atomic mass is 16.5. The van der Waals surface area contributed by atoms with Crippen molar-refractivity contribution in [2.45, 2.75) is 13.8 Å². The number of imidazole rings is 1. The molecule has 0 fully saturated rings. The number of aromatic nitrogens is 3. The molecule has 9 heteroatoms. The molecule has 2 rings (SSSR count). The number of carbonyl (C=O) groups excluding carboxylic acids is 2. The summed E-state index contributed by atoms with van der Waals surface area (Å²) in [5, 5.41) is 2.87. The van der Waals surface area contributed by atoms with E-state index in [0.717, 1.165) is 0 Å². The van der Waals surface area contributed by atoms with E-state index in [1.165, 1.54) is 25.1 Å². The van der Waals surface area contributed by atoms with E-state index < -0.39 is 11.9 Å². The van der Waals surface area contributed by atoms with Gasteiger partial charge >= 0.3 is 11.9 Å². The van der Waals surface area contributed by atoms with Crippen LogP contribution in [-0.4, -0.2) is 40.7 Å². The van der Waals surface area contributed by atoms with Gasteiger partial charge in [0.05, 0.1) is 48.8 Å². The van der Waals surface area contributed by atoms with Gasteiger partial charge in [-0.1, -0.05) is 0 Å². The molecule has 0 aliphatic heterocycles. The lowest BCUT2D eigenvalue weighted by Gasteiger charge is -2.17. The first-order chi connectivity index (χ1) is 11.4. The largest absolute Gasteiger partial charge is 0.465 e. The molecule has 0 radical (unpaired) electrons. The second-order valence-corrected chi connectivity index (χ2v) is 5.01. The van der Waals surface area contributed by atoms with E-state index in [1.807, 2.05) is 0 Å². The van der Waals surface area contributed by atoms with E-state index in [4.69, 9.17) is 9.47 Å². The molecule has 0 amide bonds. The Hall–Kier alpha value is -3.10. The minimum Gasteiger partial charge on any atom is -0.465 e. The Morgan fingerprint density at radius 3 is 2.00 bits per heavy atom. The molecule has 0 aliphatic carbocycles. The molecule has 24 heavy (non-hydrogen) atoms. The van der Waals surface area contributed by atoms with E-state index in [0.29, 0.717) is 11.4 Å². The zero-order valence-electron chi connectivity index (χ0n) is 13.9. The van der Waals surface area contributed by atoms with Crippen LogP contribution in [0.4, 0.5) is 5.82 Å². The van der Waals surface area contributed by atoms with Gasteiger partial charge in [-0.2, -0.15) is 0 Å². The molecular formula is C15H16N4O5. The zero-order valence-corrected chi connectivity index (χ0v) is 13.9. The van der Waals surface area contributed by atoms with Crippen LogP contribution < -0.4 is 0 Å². The summed E-state index contributed by atoms with van der Waals surface area (Å²) >= 11 is 0. The van der Waals surface area contributed by atoms with Crippen molar-refractivity contribution in [2.24, 2.45) is 12.2 Å². The number of nitroso groups, excluding NO2 is 1. The minimum atomic E-state index is -0.696. The van der Waals surface area contributed by atoms with Crippen molar-refractivity contribution >= 4 is 17.8 Å². The van der Waals surface area contributed by atoms with Gasteiger partial charge in [-0.15, -0.1) is 4.91 Å². The van der Waals surface area contributed by atoms with Gasteiger partial charge in [0.25, 0.3) is 0 Å². The predicted molar refractivity (Wildman–Crippen MR) is 84.0 cm³/mol. The van der Waals surface area contributed by atoms with E-state index in [2.05, 4.69) is 15.1 Å². The standard InChI is InChI=1S/C15H16N4O5/c1-7-9(14(20)23-4)11(10(8(2)17-7)15(21)24-5)12-13(18-22)16-6-19(12)3/h6H,1-5H3. The van der Waals surface area contributed by atoms with Gasteiger partial charge in [-0.3, -0.25) is 4.98 Å². The van der Waals surface area contributed by atoms with Crippen molar-refractivity contribution in [1.82, 2.24) is 14.5 Å². The number of rotatable bonds is 4. The number of carbonyl (C=O) groups is 2. The minimum absolute atomic E-state index is 0.0528. The highest BCUT2D eigenvalue weighted by Crippen LogP contribution is 2.37. The third-order valence-electron chi connectivity index (χ3n) is 3.58. The Morgan fingerprint density at radius 1 is 1.08 bits per heavy atom. The van der Waals surface area contributed by atoms with Crippen LogP contribution >= 0.6 is 0 Å². The van der Waals surface area contributed by atoms with E-state index in [-0.39, 0.29) is 28.2 Å². The summed E-state index contributed by atoms with van der Waals surface area (Å²) in [4.78, 5) is 43.8. The van der Waals surface area contributed by atoms with Gasteiger partial charge in [-0.25, -0.2) is 14.6 Å². The number of methoxy groups -OCH3 is 2. The average Bonchev–Trinajstić information content (AvgIpc) is 2.93. The molecule has 0 bridgehead atoms. The summed E-state index contributed by atoms with van der Waals surface area (Å²) in [6.07, 6.45) is 1.36. The number of hydrogen-bond donors (Lipinski definition) is 0. The molecule has 0 N–H and O–H groups in total. The Bertz CT molecular complexity index is 801. The van der Waals surface area contributed by atoms with Crippen LogP contribution in [0.2, 0.25) is 0 Å². The van der Waals surface area contributed by atoms with Gasteiger partial charge in [0.15, 0.2) is 0 Å². The summed E-state index contributed by atoms with van der Waals surface area (Å²) < 4.78 is 11.1. The molecule has 2 aromatic rings. The Kier molecular flexibility index (Phi) is 4.72. The number of ether oxygens (including phenoxy) is 2. The second-order valence-electron chi connectivity index (χ2n) is 5.01. The smallest absolute Gasteiger partial charge is 0.340 e. The SMILES string of the molecule is COC(=O)c1c(C)nc(C)c(C(=O)OC)c1-c1c(N=O)ncn1C. The third-order valence-corrected chi connectivity index (χ3v) is 3.58. The molecule has 0 spiro atoms. The van der Waals surface area contributed by atoms with Gasteiger partial charge in [0.2, 0.25) is 5.82 Å². The van der Waals surface area contributed by atoms with Gasteiger partial charge in [-0.05, 0) is 19.0 Å². The normalized spacial score (nSPS) is 10.4. The average molecular weight is 332 g/mol. The first kappa shape index (κ1) is 17.3. The fourth-order valence-electron chi connectivity index (χ4n) is 2.56. The first-order valence-corrected chi connectivity index (χ1v) is 6.90. The quantitative estimate of drug-likeness (QED) is 0.622. The fourth-order valence-corrected chi connectivity index (χ4v) is 2.56. The Balaban J connectivity index is 3.03. The molecule has 0 unspecified atom stereocenters. The van der Waals surface area contributed by atoms with Gasteiger partial charge < -0.3 is 14.0 Å². The maximum atomic E-state index is 12.3. The summed E-state index contributed by atoms with van der Waals surface area (Å²) in [6, 6.07) is 0. The van der Waals surface area contributed by atoms with Crippen molar-refractivity contribution in [1.29, 1.82) is 0 Å². The van der Waals surface area contributed by atoms with Crippen molar-refractivity contribution in [3.05, 3.63) is 33.7 Å². The maximum absolute atomic E-state index is 12.3. The number of hydrogen-bond acceptors (Lipinski definition) is 8. The third kappa shape index (κ3) is 2.64. The number of esters is 2. The predicted octanol–water partition coefficient (Wildman–Crippen LogP) is 2.07. The lowest BCUT2D eigenvalue weighted by Crippen LogP contribution is -2.17. The van der Waals surface area contributed by atoms with Crippen molar-refractivity contribution in [3.8, 4) is 11.3 Å². The van der Waals surface area contributed by atoms with Crippen LogP contribution in [0.1, 0.15) is 32.1 Å². The molecule has 0 aromatic carbocycles. The molecule has 0 atom stereocenters. The lowest BCUT2D eigenvalue weighted by molar-refractivity contribution is 0.0599. The molecule has 126 valence electrons. The summed E-state index contributed by atoms with van der Waals surface area (Å²) in [6.45, 7) is 3.21. The molecule has 0 saturated heterocycles. The van der Waals surface area contributed by atoms with Crippen LogP contribution in [0.5, 0.6) is 0 Å². The van der Waals surface area contributed by atoms with Crippen LogP contribution in [0.3, 0.4) is 0 Å². The van der Waals surface area contributed by atoms with E-state index in [1.54, 1.807) is 20.9 Å². The molecule has 0 aliphatic rings. The van der Waals surface area contributed by atoms with Gasteiger partial charge in [0, 0.05) is 12.6 Å². The Labute approximate surface area is 137 Å². The van der Waals surface area contributed by atoms with Crippen LogP contribution in [0.15, 0.2) is 11.5 Å². The molecule has 9 nitrogen and oxygen atoms in total. The molecular weight excluding hydrogens is 316 g/mol. The molecule has 2 heterocycles. The van der Waals surface area contributed by atoms with Crippen LogP contribution in [0, 0.1) is 18.8 Å². The van der Waals surface area contributed by atoms with Crippen molar-refractivity contribution in [2.75, 3.05) is 14.2 Å². The lowest BCUT2D eigenvalue weighted by atomic mass is 9.95. The summed E-state index contributed by atoms with van der Waals surface area (Å²) in [5.41, 5.74) is 1.17. The first-order valence-electron chi connectivity index (χ1n) is 6.90. The molecule has 0 saturated carbocycles. The monoisotopic (exact) mass is 332 g/mol. The topological polar surface area (TPSA) is 113 Å². The fraction of sp³-hybridized carbons (Fsp3) is 0.333. The van der Waals surface area contributed by atoms with Crippen molar-refractivity contribution < 1.29 is 19.1 Å². The Morgan fingerprint density at radius 2 is 1.58 bits per heavy atom. The van der Waals surface area contributed by atoms with Crippen LogP contribution in [0.25, 0.3) is 11.3 Å². The highest BCUT2D eigenvalue weighted by Gasteiger charge is 2.30. The summed E-state index contributed by atoms with van der Waals surface area (Å²) in [5.74, 6) is -1.55.